The minimum Gasteiger partial charge on any atom is -0.543 e. The topological polar surface area (TPSA) is 93.6 Å². The molecule has 0 aromatic carbocycles. The summed E-state index contributed by atoms with van der Waals surface area (Å²) in [5.41, 5.74) is 1.05. The fourth-order valence-corrected chi connectivity index (χ4v) is 7.07. The van der Waals surface area contributed by atoms with Gasteiger partial charge < -0.3 is 24.4 Å². The lowest BCUT2D eigenvalue weighted by Crippen LogP contribution is -2.64. The summed E-state index contributed by atoms with van der Waals surface area (Å²) in [6, 6.07) is -0.321. The average molecular weight is 410 g/mol. The molecule has 3 aliphatic rings. The van der Waals surface area contributed by atoms with Gasteiger partial charge in [-0.3, -0.25) is 4.79 Å². The van der Waals surface area contributed by atoms with Gasteiger partial charge in [0.05, 0.1) is 60.9 Å². The molecule has 4 atom stereocenters. The highest BCUT2D eigenvalue weighted by molar-refractivity contribution is 8.04. The molecule has 27 heavy (non-hydrogen) atoms. The van der Waals surface area contributed by atoms with Crippen molar-refractivity contribution >= 4 is 35.0 Å². The minimum absolute atomic E-state index is 0.0521. The van der Waals surface area contributed by atoms with Crippen LogP contribution in [0.5, 0.6) is 0 Å². The molecule has 0 saturated carbocycles. The van der Waals surface area contributed by atoms with E-state index in [-0.39, 0.29) is 23.6 Å². The average Bonchev–Trinajstić information content (AvgIpc) is 3.04. The molecule has 7 nitrogen and oxygen atoms in total. The highest BCUT2D eigenvalue weighted by Gasteiger charge is 2.58. The van der Waals surface area contributed by atoms with Crippen molar-refractivity contribution in [1.29, 1.82) is 0 Å². The number of β-lactam (4-membered cyclic amide) rings is 1. The van der Waals surface area contributed by atoms with Gasteiger partial charge in [0, 0.05) is 17.2 Å². The number of rotatable bonds is 4. The van der Waals surface area contributed by atoms with E-state index < -0.39 is 18.0 Å². The van der Waals surface area contributed by atoms with Gasteiger partial charge in [0.2, 0.25) is 5.91 Å². The maximum absolute atomic E-state index is 12.4. The maximum Gasteiger partial charge on any atom is 0.235 e. The summed E-state index contributed by atoms with van der Waals surface area (Å²) in [5, 5.41) is 21.7. The van der Waals surface area contributed by atoms with Crippen LogP contribution in [0, 0.1) is 11.8 Å². The number of aliphatic hydroxyl groups excluding tert-OH is 1. The zero-order valence-corrected chi connectivity index (χ0v) is 17.4. The molecule has 1 saturated heterocycles. The zero-order chi connectivity index (χ0) is 19.7. The summed E-state index contributed by atoms with van der Waals surface area (Å²) in [6.45, 7) is 5.44. The number of carbonyl (C=O) groups is 2. The molecule has 0 unspecified atom stereocenters. The van der Waals surface area contributed by atoms with Gasteiger partial charge >= 0.3 is 0 Å². The number of aliphatic carboxylic acids is 1. The van der Waals surface area contributed by atoms with E-state index in [4.69, 9.17) is 4.98 Å². The van der Waals surface area contributed by atoms with Gasteiger partial charge in [-0.2, -0.15) is 0 Å². The molecule has 9 heteroatoms. The van der Waals surface area contributed by atoms with Gasteiger partial charge in [-0.1, -0.05) is 18.7 Å². The van der Waals surface area contributed by atoms with Gasteiger partial charge in [0.1, 0.15) is 6.54 Å². The summed E-state index contributed by atoms with van der Waals surface area (Å²) in [4.78, 5) is 32.0. The van der Waals surface area contributed by atoms with Gasteiger partial charge in [0.15, 0.2) is 4.34 Å². The summed E-state index contributed by atoms with van der Waals surface area (Å²) in [7, 11) is 4.38. The Kier molecular flexibility index (Phi) is 4.41. The smallest absolute Gasteiger partial charge is 0.235 e. The predicted octanol–water partition coefficient (Wildman–Crippen LogP) is 0.187. The van der Waals surface area contributed by atoms with Crippen molar-refractivity contribution < 1.29 is 24.3 Å². The monoisotopic (exact) mass is 409 g/mol. The SMILES string of the molecule is C[C@@H](O)[C@H]1C(=O)N2C(C(=O)[O-])=C(Sc3nc4c(s3)C[N+](C)(C)CC4)[C@H](C)[C@H]12. The number of aromatic nitrogens is 1. The number of thioether (sulfide) groups is 1. The second-order valence-electron chi connectivity index (χ2n) is 8.27. The van der Waals surface area contributed by atoms with Crippen LogP contribution in [0.1, 0.15) is 24.4 Å². The summed E-state index contributed by atoms with van der Waals surface area (Å²) in [5.74, 6) is -2.42. The molecule has 4 heterocycles. The number of nitrogens with zero attached hydrogens (tertiary/aromatic N) is 3. The number of thiazole rings is 1. The number of carbonyl (C=O) groups excluding carboxylic acids is 2. The highest BCUT2D eigenvalue weighted by atomic mass is 32.2. The normalized spacial score (nSPS) is 30.0. The number of aliphatic hydroxyl groups is 1. The molecule has 1 N–H and O–H groups in total. The molecule has 1 aromatic rings. The summed E-state index contributed by atoms with van der Waals surface area (Å²) >= 11 is 2.94. The molecular weight excluding hydrogens is 386 g/mol. The molecule has 146 valence electrons. The minimum atomic E-state index is -1.34. The van der Waals surface area contributed by atoms with E-state index in [1.807, 2.05) is 6.92 Å². The first-order chi connectivity index (χ1) is 12.6. The fourth-order valence-electron chi connectivity index (χ4n) is 4.34. The Hall–Kier alpha value is -1.42. The number of likely N-dealkylation sites (N-methyl/N-ethyl adjacent to an activating group) is 1. The van der Waals surface area contributed by atoms with E-state index in [1.165, 1.54) is 21.5 Å². The molecular formula is C18H23N3O4S2. The van der Waals surface area contributed by atoms with E-state index >= 15 is 0 Å². The lowest BCUT2D eigenvalue weighted by Gasteiger charge is -2.47. The van der Waals surface area contributed by atoms with Crippen LogP contribution in [0.3, 0.4) is 0 Å². The van der Waals surface area contributed by atoms with Crippen molar-refractivity contribution in [3.63, 3.8) is 0 Å². The van der Waals surface area contributed by atoms with Gasteiger partial charge in [-0.15, -0.1) is 11.3 Å². The van der Waals surface area contributed by atoms with E-state index in [1.54, 1.807) is 18.3 Å². The van der Waals surface area contributed by atoms with Crippen LogP contribution in [-0.4, -0.2) is 64.1 Å². The number of amides is 1. The van der Waals surface area contributed by atoms with Crippen LogP contribution in [0.4, 0.5) is 0 Å². The van der Waals surface area contributed by atoms with Crippen LogP contribution < -0.4 is 5.11 Å². The van der Waals surface area contributed by atoms with E-state index in [0.717, 1.165) is 34.0 Å². The van der Waals surface area contributed by atoms with Crippen LogP contribution in [0.25, 0.3) is 0 Å². The van der Waals surface area contributed by atoms with Gasteiger partial charge in [-0.25, -0.2) is 4.98 Å². The Morgan fingerprint density at radius 1 is 1.48 bits per heavy atom. The van der Waals surface area contributed by atoms with Crippen molar-refractivity contribution in [3.8, 4) is 0 Å². The first-order valence-corrected chi connectivity index (χ1v) is 10.7. The Morgan fingerprint density at radius 2 is 2.19 bits per heavy atom. The number of carboxylic acids is 1. The van der Waals surface area contributed by atoms with Crippen LogP contribution in [0.2, 0.25) is 0 Å². The van der Waals surface area contributed by atoms with E-state index in [0.29, 0.717) is 4.91 Å². The van der Waals surface area contributed by atoms with Gasteiger partial charge in [0.25, 0.3) is 0 Å². The molecule has 1 aromatic heterocycles. The standard InChI is InChI=1S/C18H23N3O4S2/c1-8-13-12(9(2)22)16(23)20(13)14(17(24)25)15(8)27-18-19-10-5-6-21(3,4)7-11(10)26-18/h8-9,12-13,22H,5-7H2,1-4H3/t8-,9-,12-,13-/m1/s1. The molecule has 1 fully saturated rings. The predicted molar refractivity (Wildman–Crippen MR) is 99.4 cm³/mol. The number of hydrogen-bond acceptors (Lipinski definition) is 7. The molecule has 3 aliphatic heterocycles. The maximum atomic E-state index is 12.4. The Morgan fingerprint density at radius 3 is 2.81 bits per heavy atom. The number of carboxylic acid groups (broad SMARTS) is 1. The number of hydrogen-bond donors (Lipinski definition) is 1. The van der Waals surface area contributed by atoms with E-state index in [2.05, 4.69) is 14.1 Å². The van der Waals surface area contributed by atoms with Crippen molar-refractivity contribution in [2.24, 2.45) is 11.8 Å². The largest absolute Gasteiger partial charge is 0.543 e. The summed E-state index contributed by atoms with van der Waals surface area (Å²) < 4.78 is 1.73. The van der Waals surface area contributed by atoms with Crippen molar-refractivity contribution in [2.45, 2.75) is 43.3 Å². The number of fused-ring (bicyclic) bond motifs is 2. The highest BCUT2D eigenvalue weighted by Crippen LogP contribution is 2.52. The molecule has 0 spiro atoms. The lowest BCUT2D eigenvalue weighted by atomic mass is 9.79. The molecule has 0 bridgehead atoms. The molecule has 0 radical (unpaired) electrons. The molecule has 4 rings (SSSR count). The first kappa shape index (κ1) is 18.9. The summed E-state index contributed by atoms with van der Waals surface area (Å²) in [6.07, 6.45) is 0.110. The lowest BCUT2D eigenvalue weighted by molar-refractivity contribution is -0.905. The van der Waals surface area contributed by atoms with Crippen LogP contribution in [0.15, 0.2) is 14.9 Å². The number of quaternary nitrogens is 1. The fraction of sp³-hybridized carbons (Fsp3) is 0.611. The Labute approximate surface area is 166 Å². The van der Waals surface area contributed by atoms with E-state index in [9.17, 15) is 19.8 Å². The van der Waals surface area contributed by atoms with Gasteiger partial charge in [-0.05, 0) is 6.92 Å². The zero-order valence-electron chi connectivity index (χ0n) is 15.8. The third kappa shape index (κ3) is 2.91. The Bertz CT molecular complexity index is 861. The second kappa shape index (κ2) is 6.30. The van der Waals surface area contributed by atoms with Crippen molar-refractivity contribution in [2.75, 3.05) is 20.6 Å². The van der Waals surface area contributed by atoms with Crippen LogP contribution in [-0.2, 0) is 22.6 Å². The first-order valence-electron chi connectivity index (χ1n) is 9.06. The third-order valence-electron chi connectivity index (χ3n) is 5.78. The van der Waals surface area contributed by atoms with Crippen molar-refractivity contribution in [1.82, 2.24) is 9.88 Å². The molecule has 1 amide bonds. The third-order valence-corrected chi connectivity index (χ3v) is 8.21. The van der Waals surface area contributed by atoms with Crippen molar-refractivity contribution in [3.05, 3.63) is 21.2 Å². The Balaban J connectivity index is 1.65. The van der Waals surface area contributed by atoms with Crippen LogP contribution >= 0.6 is 23.1 Å². The second-order valence-corrected chi connectivity index (χ2v) is 10.6. The quantitative estimate of drug-likeness (QED) is 0.564. The molecule has 0 aliphatic carbocycles.